The van der Waals surface area contributed by atoms with Crippen LogP contribution in [0.15, 0.2) is 53.7 Å². The van der Waals surface area contributed by atoms with Gasteiger partial charge >= 0.3 is 0 Å². The number of rotatable bonds is 7. The van der Waals surface area contributed by atoms with E-state index in [1.807, 2.05) is 30.3 Å². The number of piperidine rings is 1. The number of guanidine groups is 1. The number of nitrogens with one attached hydrogen (secondary N) is 1. The summed E-state index contributed by atoms with van der Waals surface area (Å²) in [7, 11) is 1.66. The van der Waals surface area contributed by atoms with Gasteiger partial charge < -0.3 is 19.7 Å². The molecule has 27 heavy (non-hydrogen) atoms. The first kappa shape index (κ1) is 19.2. The molecule has 1 fully saturated rings. The molecule has 0 bridgehead atoms. The Morgan fingerprint density at radius 3 is 2.67 bits per heavy atom. The van der Waals surface area contributed by atoms with Gasteiger partial charge in [0.2, 0.25) is 5.88 Å². The first-order chi connectivity index (χ1) is 13.4. The van der Waals surface area contributed by atoms with Gasteiger partial charge in [-0.1, -0.05) is 24.3 Å². The molecule has 0 saturated carbocycles. The number of anilines is 1. The van der Waals surface area contributed by atoms with Crippen molar-refractivity contribution in [1.82, 2.24) is 9.88 Å². The van der Waals surface area contributed by atoms with Gasteiger partial charge in [0.15, 0.2) is 5.96 Å². The number of methoxy groups -OCH3 is 1. The lowest BCUT2D eigenvalue weighted by Crippen LogP contribution is -2.40. The molecule has 0 radical (unpaired) electrons. The number of hydrogen-bond acceptors (Lipinski definition) is 4. The van der Waals surface area contributed by atoms with Gasteiger partial charge in [0.25, 0.3) is 0 Å². The van der Waals surface area contributed by atoms with Gasteiger partial charge in [-0.05, 0) is 37.5 Å². The Bertz CT molecular complexity index is 715. The minimum Gasteiger partial charge on any atom is -0.475 e. The van der Waals surface area contributed by atoms with Crippen LogP contribution in [0.25, 0.3) is 0 Å². The molecule has 6 nitrogen and oxygen atoms in total. The molecule has 1 aromatic heterocycles. The molecule has 2 heterocycles. The van der Waals surface area contributed by atoms with Crippen LogP contribution in [0.5, 0.6) is 5.88 Å². The fourth-order valence-electron chi connectivity index (χ4n) is 3.03. The van der Waals surface area contributed by atoms with Gasteiger partial charge in [0, 0.05) is 37.6 Å². The molecule has 6 heteroatoms. The highest BCUT2D eigenvalue weighted by Crippen LogP contribution is 2.17. The summed E-state index contributed by atoms with van der Waals surface area (Å²) < 4.78 is 10.8. The van der Waals surface area contributed by atoms with Crippen molar-refractivity contribution < 1.29 is 9.47 Å². The highest BCUT2D eigenvalue weighted by molar-refractivity contribution is 5.93. The molecular formula is C21H28N4O2. The van der Waals surface area contributed by atoms with Crippen LogP contribution in [0.3, 0.4) is 0 Å². The van der Waals surface area contributed by atoms with E-state index in [0.717, 1.165) is 30.3 Å². The third-order valence-electron chi connectivity index (χ3n) is 4.46. The van der Waals surface area contributed by atoms with Crippen molar-refractivity contribution in [2.45, 2.75) is 25.8 Å². The van der Waals surface area contributed by atoms with Crippen LogP contribution in [-0.2, 0) is 11.3 Å². The lowest BCUT2D eigenvalue weighted by molar-refractivity contribution is 0.143. The molecule has 0 spiro atoms. The Balaban J connectivity index is 1.75. The highest BCUT2D eigenvalue weighted by Gasteiger charge is 2.15. The van der Waals surface area contributed by atoms with Crippen LogP contribution >= 0.6 is 0 Å². The average molecular weight is 368 g/mol. The third-order valence-corrected chi connectivity index (χ3v) is 4.46. The second-order valence-corrected chi connectivity index (χ2v) is 6.49. The van der Waals surface area contributed by atoms with Crippen LogP contribution in [0.1, 0.15) is 24.8 Å². The van der Waals surface area contributed by atoms with Gasteiger partial charge in [-0.25, -0.2) is 9.98 Å². The van der Waals surface area contributed by atoms with E-state index in [9.17, 15) is 0 Å². The zero-order valence-electron chi connectivity index (χ0n) is 15.9. The molecule has 2 aromatic rings. The Morgan fingerprint density at radius 2 is 1.89 bits per heavy atom. The fraction of sp³-hybridized carbons (Fsp3) is 0.429. The van der Waals surface area contributed by atoms with Crippen LogP contribution in [0.2, 0.25) is 0 Å². The maximum atomic E-state index is 5.73. The molecule has 144 valence electrons. The zero-order valence-corrected chi connectivity index (χ0v) is 15.9. The molecule has 1 aliphatic rings. The van der Waals surface area contributed by atoms with Crippen LogP contribution in [0.4, 0.5) is 5.69 Å². The second-order valence-electron chi connectivity index (χ2n) is 6.49. The average Bonchev–Trinajstić information content (AvgIpc) is 2.73. The van der Waals surface area contributed by atoms with Crippen molar-refractivity contribution in [3.05, 3.63) is 54.2 Å². The van der Waals surface area contributed by atoms with Crippen molar-refractivity contribution in [2.75, 3.05) is 38.7 Å². The maximum absolute atomic E-state index is 5.73. The quantitative estimate of drug-likeness (QED) is 0.460. The van der Waals surface area contributed by atoms with E-state index in [0.29, 0.717) is 25.6 Å². The topological polar surface area (TPSA) is 59.0 Å². The largest absolute Gasteiger partial charge is 0.475 e. The van der Waals surface area contributed by atoms with E-state index in [-0.39, 0.29) is 0 Å². The van der Waals surface area contributed by atoms with E-state index >= 15 is 0 Å². The molecule has 1 aromatic carbocycles. The summed E-state index contributed by atoms with van der Waals surface area (Å²) in [4.78, 5) is 11.6. The molecule has 0 aliphatic carbocycles. The number of nitrogens with zero attached hydrogens (tertiary/aromatic N) is 3. The summed E-state index contributed by atoms with van der Waals surface area (Å²) in [6.07, 6.45) is 5.43. The van der Waals surface area contributed by atoms with Crippen molar-refractivity contribution in [1.29, 1.82) is 0 Å². The molecule has 1 N–H and O–H groups in total. The van der Waals surface area contributed by atoms with E-state index < -0.39 is 0 Å². The number of ether oxygens (including phenoxy) is 2. The van der Waals surface area contributed by atoms with E-state index in [1.165, 1.54) is 19.3 Å². The summed E-state index contributed by atoms with van der Waals surface area (Å²) in [5.41, 5.74) is 2.02. The molecule has 0 amide bonds. The Kier molecular flexibility index (Phi) is 7.47. The predicted octanol–water partition coefficient (Wildman–Crippen LogP) is 3.56. The fourth-order valence-corrected chi connectivity index (χ4v) is 3.03. The summed E-state index contributed by atoms with van der Waals surface area (Å²) >= 11 is 0. The third kappa shape index (κ3) is 5.96. The number of aliphatic imine (C=N–C) groups is 1. The van der Waals surface area contributed by atoms with Gasteiger partial charge in [0.1, 0.15) is 6.61 Å². The Morgan fingerprint density at radius 1 is 1.07 bits per heavy atom. The molecule has 3 rings (SSSR count). The maximum Gasteiger partial charge on any atom is 0.218 e. The standard InChI is InChI=1S/C21H28N4O2/c1-26-15-16-27-20-18(9-8-12-22-20)17-23-21(25-13-6-3-7-14-25)24-19-10-4-2-5-11-19/h2,4-5,8-12H,3,6-7,13-17H2,1H3,(H,23,24). The second kappa shape index (κ2) is 10.5. The molecule has 0 atom stereocenters. The number of likely N-dealkylation sites (tertiary alicyclic amines) is 1. The monoisotopic (exact) mass is 368 g/mol. The van der Waals surface area contributed by atoms with E-state index in [4.69, 9.17) is 14.5 Å². The summed E-state index contributed by atoms with van der Waals surface area (Å²) in [5, 5.41) is 3.49. The number of hydrogen-bond donors (Lipinski definition) is 1. The predicted molar refractivity (Wildman–Crippen MR) is 108 cm³/mol. The number of pyridine rings is 1. The van der Waals surface area contributed by atoms with Gasteiger partial charge in [-0.3, -0.25) is 0 Å². The minimum atomic E-state index is 0.478. The molecule has 1 saturated heterocycles. The zero-order chi connectivity index (χ0) is 18.7. The smallest absolute Gasteiger partial charge is 0.218 e. The minimum absolute atomic E-state index is 0.478. The number of para-hydroxylation sites is 1. The lowest BCUT2D eigenvalue weighted by Gasteiger charge is -2.30. The van der Waals surface area contributed by atoms with Gasteiger partial charge in [-0.2, -0.15) is 0 Å². The van der Waals surface area contributed by atoms with E-state index in [1.54, 1.807) is 13.3 Å². The highest BCUT2D eigenvalue weighted by atomic mass is 16.5. The normalized spacial score (nSPS) is 14.9. The summed E-state index contributed by atoms with van der Waals surface area (Å²) in [6.45, 7) is 3.59. The Hall–Kier alpha value is -2.60. The summed E-state index contributed by atoms with van der Waals surface area (Å²) in [6, 6.07) is 14.1. The van der Waals surface area contributed by atoms with E-state index in [2.05, 4.69) is 27.3 Å². The van der Waals surface area contributed by atoms with Crippen LogP contribution < -0.4 is 10.1 Å². The number of aromatic nitrogens is 1. The lowest BCUT2D eigenvalue weighted by atomic mass is 10.1. The van der Waals surface area contributed by atoms with Crippen molar-refractivity contribution in [3.63, 3.8) is 0 Å². The van der Waals surface area contributed by atoms with Crippen LogP contribution in [0, 0.1) is 0 Å². The van der Waals surface area contributed by atoms with Crippen molar-refractivity contribution in [2.24, 2.45) is 4.99 Å². The van der Waals surface area contributed by atoms with Crippen LogP contribution in [-0.4, -0.2) is 49.3 Å². The summed E-state index contributed by atoms with van der Waals surface area (Å²) in [5.74, 6) is 1.53. The molecule has 0 unspecified atom stereocenters. The van der Waals surface area contributed by atoms with Crippen molar-refractivity contribution >= 4 is 11.6 Å². The SMILES string of the molecule is COCCOc1ncccc1CN=C(Nc1ccccc1)N1CCCCC1. The van der Waals surface area contributed by atoms with Crippen molar-refractivity contribution in [3.8, 4) is 5.88 Å². The first-order valence-electron chi connectivity index (χ1n) is 9.54. The first-order valence-corrected chi connectivity index (χ1v) is 9.54. The number of benzene rings is 1. The van der Waals surface area contributed by atoms with Gasteiger partial charge in [0.05, 0.1) is 13.2 Å². The Labute approximate surface area is 161 Å². The van der Waals surface area contributed by atoms with Gasteiger partial charge in [-0.15, -0.1) is 0 Å². The molecule has 1 aliphatic heterocycles. The molecular weight excluding hydrogens is 340 g/mol.